The molecule has 0 aliphatic rings. The molecule has 3 heteroatoms. The lowest BCUT2D eigenvalue weighted by Crippen LogP contribution is -2.15. The molecule has 0 aromatic carbocycles. The van der Waals surface area contributed by atoms with Crippen LogP contribution in [0, 0.1) is 0 Å². The highest BCUT2D eigenvalue weighted by atomic mass is 16.5. The van der Waals surface area contributed by atoms with E-state index in [-0.39, 0.29) is 12.4 Å². The zero-order valence-corrected chi connectivity index (χ0v) is 11.4. The van der Waals surface area contributed by atoms with Crippen molar-refractivity contribution in [1.82, 2.24) is 0 Å². The van der Waals surface area contributed by atoms with E-state index in [9.17, 15) is 9.90 Å². The van der Waals surface area contributed by atoms with Gasteiger partial charge >= 0.3 is 5.97 Å². The summed E-state index contributed by atoms with van der Waals surface area (Å²) in [7, 11) is 0. The lowest BCUT2D eigenvalue weighted by Gasteiger charge is -2.09. The van der Waals surface area contributed by atoms with Crippen LogP contribution in [0.4, 0.5) is 0 Å². The molecule has 17 heavy (non-hydrogen) atoms. The van der Waals surface area contributed by atoms with Crippen LogP contribution in [0.5, 0.6) is 0 Å². The van der Waals surface area contributed by atoms with Crippen LogP contribution in [-0.2, 0) is 9.53 Å². The number of hydrogen-bond acceptors (Lipinski definition) is 3. The molecular formula is C14H28O3. The highest BCUT2D eigenvalue weighted by Gasteiger charge is 2.10. The molecule has 0 saturated carbocycles. The first-order valence-corrected chi connectivity index (χ1v) is 7.04. The van der Waals surface area contributed by atoms with Gasteiger partial charge in [-0.1, -0.05) is 52.4 Å². The number of esters is 1. The number of unbranched alkanes of at least 4 members (excludes halogenated alkanes) is 5. The van der Waals surface area contributed by atoms with Crippen molar-refractivity contribution < 1.29 is 14.6 Å². The zero-order chi connectivity index (χ0) is 12.9. The van der Waals surface area contributed by atoms with Crippen LogP contribution in [0.25, 0.3) is 0 Å². The van der Waals surface area contributed by atoms with Gasteiger partial charge in [0.05, 0.1) is 19.1 Å². The van der Waals surface area contributed by atoms with E-state index in [1.807, 2.05) is 6.92 Å². The van der Waals surface area contributed by atoms with Gasteiger partial charge in [0.2, 0.25) is 0 Å². The molecule has 1 unspecified atom stereocenters. The number of ether oxygens (including phenoxy) is 1. The second-order valence-corrected chi connectivity index (χ2v) is 4.63. The Morgan fingerprint density at radius 3 is 2.35 bits per heavy atom. The number of carbonyl (C=O) groups is 1. The number of aliphatic hydroxyl groups excluding tert-OH is 1. The number of aliphatic hydroxyl groups is 1. The summed E-state index contributed by atoms with van der Waals surface area (Å²) >= 11 is 0. The van der Waals surface area contributed by atoms with Gasteiger partial charge in [-0.15, -0.1) is 0 Å². The fourth-order valence-corrected chi connectivity index (χ4v) is 1.75. The predicted octanol–water partition coefficient (Wildman–Crippen LogP) is 3.44. The molecule has 0 aromatic heterocycles. The number of hydrogen-bond donors (Lipinski definition) is 1. The molecule has 0 aromatic rings. The quantitative estimate of drug-likeness (QED) is 0.447. The Balaban J connectivity index is 3.27. The van der Waals surface area contributed by atoms with Gasteiger partial charge < -0.3 is 9.84 Å². The van der Waals surface area contributed by atoms with Gasteiger partial charge in [0.25, 0.3) is 0 Å². The molecule has 1 atom stereocenters. The summed E-state index contributed by atoms with van der Waals surface area (Å²) < 4.78 is 5.07. The van der Waals surface area contributed by atoms with E-state index in [4.69, 9.17) is 4.74 Å². The van der Waals surface area contributed by atoms with Crippen molar-refractivity contribution >= 4 is 5.97 Å². The minimum atomic E-state index is -0.531. The van der Waals surface area contributed by atoms with Gasteiger partial charge in [0, 0.05) is 0 Å². The Labute approximate surface area is 106 Å². The minimum Gasteiger partial charge on any atom is -0.466 e. The molecule has 0 amide bonds. The molecule has 0 saturated heterocycles. The summed E-state index contributed by atoms with van der Waals surface area (Å²) in [6.45, 7) is 4.69. The maximum absolute atomic E-state index is 11.3. The van der Waals surface area contributed by atoms with Gasteiger partial charge in [0.1, 0.15) is 0 Å². The highest BCUT2D eigenvalue weighted by molar-refractivity contribution is 5.69. The minimum absolute atomic E-state index is 0.143. The van der Waals surface area contributed by atoms with Crippen LogP contribution in [0.3, 0.4) is 0 Å². The van der Waals surface area contributed by atoms with Gasteiger partial charge in [0.15, 0.2) is 0 Å². The molecular weight excluding hydrogens is 216 g/mol. The average molecular weight is 244 g/mol. The van der Waals surface area contributed by atoms with E-state index in [0.717, 1.165) is 19.3 Å². The normalized spacial score (nSPS) is 12.4. The molecule has 0 fully saturated rings. The third-order valence-electron chi connectivity index (χ3n) is 2.79. The predicted molar refractivity (Wildman–Crippen MR) is 69.9 cm³/mol. The summed E-state index contributed by atoms with van der Waals surface area (Å²) in [4.78, 5) is 11.3. The Bertz CT molecular complexity index is 180. The molecule has 1 N–H and O–H groups in total. The van der Waals surface area contributed by atoms with Crippen LogP contribution >= 0.6 is 0 Å². The molecule has 0 rings (SSSR count). The van der Waals surface area contributed by atoms with Crippen LogP contribution in [-0.4, -0.2) is 23.8 Å². The first-order valence-electron chi connectivity index (χ1n) is 7.04. The summed E-state index contributed by atoms with van der Waals surface area (Å²) in [5, 5.41) is 9.42. The second kappa shape index (κ2) is 11.9. The summed E-state index contributed by atoms with van der Waals surface area (Å²) in [5.41, 5.74) is 0. The van der Waals surface area contributed by atoms with Gasteiger partial charge in [-0.05, 0) is 12.8 Å². The molecule has 0 spiro atoms. The Hall–Kier alpha value is -0.570. The standard InChI is InChI=1S/C14H28O3/c1-3-5-6-7-8-9-11-17-14(16)12-13(15)10-4-2/h13,15H,3-12H2,1-2H3. The maximum atomic E-state index is 11.3. The molecule has 0 radical (unpaired) electrons. The molecule has 0 aliphatic heterocycles. The van der Waals surface area contributed by atoms with Crippen molar-refractivity contribution in [1.29, 1.82) is 0 Å². The smallest absolute Gasteiger partial charge is 0.308 e. The van der Waals surface area contributed by atoms with Crippen molar-refractivity contribution in [3.8, 4) is 0 Å². The van der Waals surface area contributed by atoms with E-state index >= 15 is 0 Å². The number of carbonyl (C=O) groups excluding carboxylic acids is 1. The Morgan fingerprint density at radius 2 is 1.71 bits per heavy atom. The van der Waals surface area contributed by atoms with E-state index in [1.54, 1.807) is 0 Å². The zero-order valence-electron chi connectivity index (χ0n) is 11.4. The highest BCUT2D eigenvalue weighted by Crippen LogP contribution is 2.06. The molecule has 0 heterocycles. The Morgan fingerprint density at radius 1 is 1.06 bits per heavy atom. The van der Waals surface area contributed by atoms with E-state index in [0.29, 0.717) is 13.0 Å². The summed E-state index contributed by atoms with van der Waals surface area (Å²) in [6.07, 6.45) is 8.31. The van der Waals surface area contributed by atoms with Crippen LogP contribution in [0.15, 0.2) is 0 Å². The van der Waals surface area contributed by atoms with Crippen molar-refractivity contribution in [2.24, 2.45) is 0 Å². The molecule has 0 bridgehead atoms. The van der Waals surface area contributed by atoms with Crippen molar-refractivity contribution in [3.05, 3.63) is 0 Å². The van der Waals surface area contributed by atoms with Crippen molar-refractivity contribution in [2.45, 2.75) is 77.7 Å². The Kier molecular flexibility index (Phi) is 11.5. The van der Waals surface area contributed by atoms with Gasteiger partial charge in [-0.25, -0.2) is 0 Å². The fourth-order valence-electron chi connectivity index (χ4n) is 1.75. The molecule has 102 valence electrons. The maximum Gasteiger partial charge on any atom is 0.308 e. The second-order valence-electron chi connectivity index (χ2n) is 4.63. The molecule has 0 aliphatic carbocycles. The monoisotopic (exact) mass is 244 g/mol. The van der Waals surface area contributed by atoms with Gasteiger partial charge in [-0.3, -0.25) is 4.79 Å². The topological polar surface area (TPSA) is 46.5 Å². The number of rotatable bonds is 11. The van der Waals surface area contributed by atoms with Crippen LogP contribution in [0.1, 0.15) is 71.6 Å². The summed E-state index contributed by atoms with van der Waals surface area (Å²) in [6, 6.07) is 0. The third-order valence-corrected chi connectivity index (χ3v) is 2.79. The fraction of sp³-hybridized carbons (Fsp3) is 0.929. The lowest BCUT2D eigenvalue weighted by molar-refractivity contribution is -0.146. The van der Waals surface area contributed by atoms with E-state index in [1.165, 1.54) is 25.7 Å². The first-order chi connectivity index (χ1) is 8.20. The van der Waals surface area contributed by atoms with E-state index in [2.05, 4.69) is 6.92 Å². The van der Waals surface area contributed by atoms with Crippen molar-refractivity contribution in [2.75, 3.05) is 6.61 Å². The SMILES string of the molecule is CCCCCCCCOC(=O)CC(O)CCC. The van der Waals surface area contributed by atoms with Gasteiger partial charge in [-0.2, -0.15) is 0 Å². The van der Waals surface area contributed by atoms with Crippen molar-refractivity contribution in [3.63, 3.8) is 0 Å². The third kappa shape index (κ3) is 11.7. The van der Waals surface area contributed by atoms with E-state index < -0.39 is 6.10 Å². The largest absolute Gasteiger partial charge is 0.466 e. The summed E-state index contributed by atoms with van der Waals surface area (Å²) in [5.74, 6) is -0.264. The van der Waals surface area contributed by atoms with Crippen LogP contribution < -0.4 is 0 Å². The first kappa shape index (κ1) is 16.4. The average Bonchev–Trinajstić information content (AvgIpc) is 2.28. The van der Waals surface area contributed by atoms with Crippen LogP contribution in [0.2, 0.25) is 0 Å². The molecule has 3 nitrogen and oxygen atoms in total. The lowest BCUT2D eigenvalue weighted by atomic mass is 10.1.